The summed E-state index contributed by atoms with van der Waals surface area (Å²) in [6.45, 7) is 2.62. The van der Waals surface area contributed by atoms with Gasteiger partial charge in [-0.3, -0.25) is 4.79 Å². The second-order valence-corrected chi connectivity index (χ2v) is 5.13. The molecular weight excluding hydrogens is 288 g/mol. The van der Waals surface area contributed by atoms with Crippen molar-refractivity contribution >= 4 is 5.91 Å². The summed E-state index contributed by atoms with van der Waals surface area (Å²) in [6.07, 6.45) is 0.872. The van der Waals surface area contributed by atoms with Crippen LogP contribution < -0.4 is 5.32 Å². The van der Waals surface area contributed by atoms with Crippen LogP contribution in [0.3, 0.4) is 0 Å². The van der Waals surface area contributed by atoms with Crippen molar-refractivity contribution in [3.63, 3.8) is 0 Å². The molecule has 0 atom stereocenters. The minimum atomic E-state index is -0.251. The average Bonchev–Trinajstić information content (AvgIpc) is 3.06. The second-order valence-electron chi connectivity index (χ2n) is 5.13. The lowest BCUT2D eigenvalue weighted by Gasteiger charge is -2.05. The highest BCUT2D eigenvalue weighted by molar-refractivity contribution is 5.91. The number of nitrogens with zero attached hydrogens (tertiary/aromatic N) is 3. The van der Waals surface area contributed by atoms with Crippen LogP contribution in [0.1, 0.15) is 24.0 Å². The zero-order chi connectivity index (χ0) is 16.1. The second kappa shape index (κ2) is 6.87. The summed E-state index contributed by atoms with van der Waals surface area (Å²) in [5.41, 5.74) is 1.78. The smallest absolute Gasteiger partial charge is 0.290 e. The molecule has 0 aliphatic carbocycles. The van der Waals surface area contributed by atoms with E-state index in [-0.39, 0.29) is 11.7 Å². The van der Waals surface area contributed by atoms with E-state index in [1.54, 1.807) is 4.68 Å². The molecule has 23 heavy (non-hydrogen) atoms. The maximum atomic E-state index is 12.2. The summed E-state index contributed by atoms with van der Waals surface area (Å²) < 4.78 is 1.70. The normalized spacial score (nSPS) is 10.5. The fraction of sp³-hybridized carbons (Fsp3) is 0.167. The summed E-state index contributed by atoms with van der Waals surface area (Å²) in [5, 5.41) is 7.22. The van der Waals surface area contributed by atoms with Gasteiger partial charge in [-0.25, -0.2) is 9.67 Å². The number of amides is 1. The Balaban J connectivity index is 2.06. The third-order valence-electron chi connectivity index (χ3n) is 3.38. The van der Waals surface area contributed by atoms with Crippen LogP contribution in [0.5, 0.6) is 0 Å². The predicted octanol–water partition coefficient (Wildman–Crippen LogP) is 3.07. The lowest BCUT2D eigenvalue weighted by molar-refractivity contribution is 0.0943. The molecule has 0 unspecified atom stereocenters. The molecule has 5 nitrogen and oxygen atoms in total. The van der Waals surface area contributed by atoms with E-state index in [1.165, 1.54) is 0 Å². The van der Waals surface area contributed by atoms with Gasteiger partial charge in [0.15, 0.2) is 5.82 Å². The van der Waals surface area contributed by atoms with Gasteiger partial charge in [0.25, 0.3) is 5.91 Å². The highest BCUT2D eigenvalue weighted by Crippen LogP contribution is 2.20. The quantitative estimate of drug-likeness (QED) is 0.788. The predicted molar refractivity (Wildman–Crippen MR) is 89.4 cm³/mol. The van der Waals surface area contributed by atoms with Gasteiger partial charge in [0.05, 0.1) is 5.69 Å². The van der Waals surface area contributed by atoms with E-state index in [2.05, 4.69) is 15.4 Å². The van der Waals surface area contributed by atoms with Crippen molar-refractivity contribution in [3.8, 4) is 17.1 Å². The Morgan fingerprint density at radius 3 is 2.35 bits per heavy atom. The molecule has 0 aliphatic rings. The number of hydrogen-bond acceptors (Lipinski definition) is 3. The van der Waals surface area contributed by atoms with Crippen LogP contribution in [-0.4, -0.2) is 27.2 Å². The Morgan fingerprint density at radius 1 is 1.04 bits per heavy atom. The maximum absolute atomic E-state index is 12.2. The molecule has 0 bridgehead atoms. The van der Waals surface area contributed by atoms with Crippen molar-refractivity contribution in [2.24, 2.45) is 0 Å². The average molecular weight is 306 g/mol. The summed E-state index contributed by atoms with van der Waals surface area (Å²) in [7, 11) is 0. The molecule has 3 rings (SSSR count). The van der Waals surface area contributed by atoms with Gasteiger partial charge in [0, 0.05) is 12.1 Å². The summed E-state index contributed by atoms with van der Waals surface area (Å²) in [6, 6.07) is 19.4. The molecule has 0 saturated heterocycles. The number of para-hydroxylation sites is 1. The fourth-order valence-electron chi connectivity index (χ4n) is 2.25. The van der Waals surface area contributed by atoms with Crippen LogP contribution >= 0.6 is 0 Å². The van der Waals surface area contributed by atoms with Crippen LogP contribution in [0.15, 0.2) is 60.7 Å². The van der Waals surface area contributed by atoms with E-state index in [9.17, 15) is 4.79 Å². The van der Waals surface area contributed by atoms with Crippen LogP contribution in [0.4, 0.5) is 0 Å². The molecule has 1 amide bonds. The summed E-state index contributed by atoms with van der Waals surface area (Å²) in [4.78, 5) is 16.6. The molecule has 5 heteroatoms. The number of carbonyl (C=O) groups is 1. The molecule has 0 saturated carbocycles. The minimum Gasteiger partial charge on any atom is -0.349 e. The molecule has 0 radical (unpaired) electrons. The van der Waals surface area contributed by atoms with Gasteiger partial charge in [-0.15, -0.1) is 5.10 Å². The van der Waals surface area contributed by atoms with Gasteiger partial charge in [-0.2, -0.15) is 0 Å². The molecule has 1 heterocycles. The number of hydrogen-bond donors (Lipinski definition) is 1. The lowest BCUT2D eigenvalue weighted by Crippen LogP contribution is -2.25. The topological polar surface area (TPSA) is 59.8 Å². The highest BCUT2D eigenvalue weighted by atomic mass is 16.2. The van der Waals surface area contributed by atoms with Gasteiger partial charge < -0.3 is 5.32 Å². The zero-order valence-corrected chi connectivity index (χ0v) is 12.9. The third-order valence-corrected chi connectivity index (χ3v) is 3.38. The molecule has 0 fully saturated rings. The molecule has 2 aromatic carbocycles. The van der Waals surface area contributed by atoms with Crippen molar-refractivity contribution in [3.05, 3.63) is 66.5 Å². The Kier molecular flexibility index (Phi) is 4.47. The van der Waals surface area contributed by atoms with Gasteiger partial charge in [0.1, 0.15) is 0 Å². The first-order valence-electron chi connectivity index (χ1n) is 7.65. The van der Waals surface area contributed by atoms with Crippen LogP contribution in [0, 0.1) is 0 Å². The van der Waals surface area contributed by atoms with Gasteiger partial charge in [0.2, 0.25) is 5.82 Å². The Hall–Kier alpha value is -2.95. The standard InChI is InChI=1S/C18H18N4O/c1-2-13-19-18(23)16-20-17(14-9-5-3-6-10-14)22(21-16)15-11-7-4-8-12-15/h3-12H,2,13H2,1H3,(H,19,23). The molecule has 3 aromatic rings. The van der Waals surface area contributed by atoms with Gasteiger partial charge in [-0.05, 0) is 18.6 Å². The monoisotopic (exact) mass is 306 g/mol. The van der Waals surface area contributed by atoms with Gasteiger partial charge >= 0.3 is 0 Å². The number of rotatable bonds is 5. The highest BCUT2D eigenvalue weighted by Gasteiger charge is 2.18. The Labute approximate surface area is 135 Å². The SMILES string of the molecule is CCCNC(=O)c1nc(-c2ccccc2)n(-c2ccccc2)n1. The number of nitrogens with one attached hydrogen (secondary N) is 1. The van der Waals surface area contributed by atoms with Crippen molar-refractivity contribution in [1.82, 2.24) is 20.1 Å². The first-order chi connectivity index (χ1) is 11.3. The van der Waals surface area contributed by atoms with Crippen molar-refractivity contribution in [1.29, 1.82) is 0 Å². The van der Waals surface area contributed by atoms with E-state index in [1.807, 2.05) is 67.6 Å². The number of benzene rings is 2. The van der Waals surface area contributed by atoms with Crippen LogP contribution in [0.2, 0.25) is 0 Å². The maximum Gasteiger partial charge on any atom is 0.290 e. The van der Waals surface area contributed by atoms with Crippen LogP contribution in [-0.2, 0) is 0 Å². The van der Waals surface area contributed by atoms with Gasteiger partial charge in [-0.1, -0.05) is 55.5 Å². The zero-order valence-electron chi connectivity index (χ0n) is 12.9. The first kappa shape index (κ1) is 15.0. The Morgan fingerprint density at radius 2 is 1.70 bits per heavy atom. The Bertz CT molecular complexity index is 724. The van der Waals surface area contributed by atoms with Crippen molar-refractivity contribution in [2.75, 3.05) is 6.54 Å². The molecule has 116 valence electrons. The number of carbonyl (C=O) groups excluding carboxylic acids is 1. The van der Waals surface area contributed by atoms with E-state index < -0.39 is 0 Å². The molecule has 1 N–H and O–H groups in total. The minimum absolute atomic E-state index is 0.182. The molecule has 0 aliphatic heterocycles. The summed E-state index contributed by atoms with van der Waals surface area (Å²) in [5.74, 6) is 0.582. The van der Waals surface area contributed by atoms with E-state index in [0.717, 1.165) is 17.7 Å². The van der Waals surface area contributed by atoms with E-state index >= 15 is 0 Å². The van der Waals surface area contributed by atoms with Crippen molar-refractivity contribution < 1.29 is 4.79 Å². The largest absolute Gasteiger partial charge is 0.349 e. The van der Waals surface area contributed by atoms with Crippen LogP contribution in [0.25, 0.3) is 17.1 Å². The molecular formula is C18H18N4O. The van der Waals surface area contributed by atoms with E-state index in [4.69, 9.17) is 0 Å². The molecule has 0 spiro atoms. The lowest BCUT2D eigenvalue weighted by atomic mass is 10.2. The number of aromatic nitrogens is 3. The molecule has 1 aromatic heterocycles. The van der Waals surface area contributed by atoms with E-state index in [0.29, 0.717) is 12.4 Å². The fourth-order valence-corrected chi connectivity index (χ4v) is 2.25. The first-order valence-corrected chi connectivity index (χ1v) is 7.65. The summed E-state index contributed by atoms with van der Waals surface area (Å²) >= 11 is 0. The third kappa shape index (κ3) is 3.29. The van der Waals surface area contributed by atoms with Crippen molar-refractivity contribution in [2.45, 2.75) is 13.3 Å².